The van der Waals surface area contributed by atoms with Crippen molar-refractivity contribution in [1.29, 1.82) is 10.5 Å². The highest BCUT2D eigenvalue weighted by Crippen LogP contribution is 2.29. The van der Waals surface area contributed by atoms with E-state index in [1.165, 1.54) is 0 Å². The van der Waals surface area contributed by atoms with Gasteiger partial charge in [-0.15, -0.1) is 0 Å². The van der Waals surface area contributed by atoms with E-state index in [-0.39, 0.29) is 0 Å². The van der Waals surface area contributed by atoms with E-state index in [0.29, 0.717) is 22.6 Å². The number of fused-ring (bicyclic) bond motifs is 1. The number of benzene rings is 1. The first kappa shape index (κ1) is 13.6. The number of rotatable bonds is 2. The lowest BCUT2D eigenvalue weighted by atomic mass is 10.1. The number of aryl methyl sites for hydroxylation is 2. The molecule has 0 bridgehead atoms. The Morgan fingerprint density at radius 1 is 1.10 bits per heavy atom. The molecule has 0 saturated carbocycles. The third-order valence-corrected chi connectivity index (χ3v) is 4.02. The summed E-state index contributed by atoms with van der Waals surface area (Å²) in [6.45, 7) is 0. The minimum absolute atomic E-state index is 0.513. The van der Waals surface area contributed by atoms with Gasteiger partial charge in [0.2, 0.25) is 0 Å². The van der Waals surface area contributed by atoms with Crippen molar-refractivity contribution in [2.75, 3.05) is 5.32 Å². The molecule has 1 aliphatic rings. The van der Waals surface area contributed by atoms with Crippen LogP contribution in [0.25, 0.3) is 0 Å². The summed E-state index contributed by atoms with van der Waals surface area (Å²) in [5, 5.41) is 21.6. The number of hydrogen-bond acceptors (Lipinski definition) is 4. The maximum Gasteiger partial charge on any atom is 0.148 e. The molecule has 0 radical (unpaired) electrons. The predicted octanol–water partition coefficient (Wildman–Crippen LogP) is 3.82. The predicted molar refractivity (Wildman–Crippen MR) is 83.1 cm³/mol. The van der Waals surface area contributed by atoms with Crippen molar-refractivity contribution in [2.24, 2.45) is 0 Å². The Morgan fingerprint density at radius 3 is 2.67 bits per heavy atom. The monoisotopic (exact) mass is 338 g/mol. The minimum atomic E-state index is 0.513. The molecule has 1 aromatic heterocycles. The van der Waals surface area contributed by atoms with Gasteiger partial charge < -0.3 is 5.32 Å². The molecule has 21 heavy (non-hydrogen) atoms. The summed E-state index contributed by atoms with van der Waals surface area (Å²) in [5.74, 6) is 0.521. The molecule has 1 heterocycles. The molecule has 5 heteroatoms. The lowest BCUT2D eigenvalue weighted by molar-refractivity contribution is 0.900. The maximum atomic E-state index is 9.30. The van der Waals surface area contributed by atoms with Crippen LogP contribution in [0.1, 0.15) is 28.8 Å². The van der Waals surface area contributed by atoms with Gasteiger partial charge >= 0.3 is 0 Å². The van der Waals surface area contributed by atoms with Gasteiger partial charge in [-0.05, 0) is 49.1 Å². The van der Waals surface area contributed by atoms with Crippen molar-refractivity contribution < 1.29 is 0 Å². The molecule has 3 rings (SSSR count). The highest BCUT2D eigenvalue weighted by atomic mass is 79.9. The van der Waals surface area contributed by atoms with Crippen LogP contribution in [0.2, 0.25) is 0 Å². The molecule has 0 atom stereocenters. The van der Waals surface area contributed by atoms with Crippen molar-refractivity contribution in [2.45, 2.75) is 19.3 Å². The van der Waals surface area contributed by atoms with Crippen LogP contribution in [0.4, 0.5) is 11.5 Å². The van der Waals surface area contributed by atoms with Gasteiger partial charge in [0.25, 0.3) is 0 Å². The summed E-state index contributed by atoms with van der Waals surface area (Å²) in [6, 6.07) is 11.6. The summed E-state index contributed by atoms with van der Waals surface area (Å²) < 4.78 is 0.865. The van der Waals surface area contributed by atoms with Crippen molar-refractivity contribution >= 4 is 27.4 Å². The first-order valence-electron chi connectivity index (χ1n) is 6.61. The average Bonchev–Trinajstić information content (AvgIpc) is 2.94. The number of anilines is 2. The summed E-state index contributed by atoms with van der Waals surface area (Å²) in [6.07, 6.45) is 3.01. The fourth-order valence-electron chi connectivity index (χ4n) is 2.50. The maximum absolute atomic E-state index is 9.30. The largest absolute Gasteiger partial charge is 0.338 e. The van der Waals surface area contributed by atoms with E-state index < -0.39 is 0 Å². The molecule has 0 saturated heterocycles. The third-order valence-electron chi connectivity index (χ3n) is 3.53. The van der Waals surface area contributed by atoms with E-state index in [4.69, 9.17) is 0 Å². The van der Waals surface area contributed by atoms with Crippen LogP contribution in [0.15, 0.2) is 28.7 Å². The molecule has 1 aliphatic carbocycles. The number of nitrogens with zero attached hydrogens (tertiary/aromatic N) is 3. The second-order valence-electron chi connectivity index (χ2n) is 4.88. The normalized spacial score (nSPS) is 12.3. The number of aromatic nitrogens is 1. The van der Waals surface area contributed by atoms with Crippen LogP contribution in [0, 0.1) is 22.7 Å². The van der Waals surface area contributed by atoms with E-state index >= 15 is 0 Å². The Labute approximate surface area is 131 Å². The SMILES string of the molecule is N#Cc1ccc(Br)cc1Nc1nc2c(cc1C#N)CCC2. The fourth-order valence-corrected chi connectivity index (χ4v) is 2.86. The third kappa shape index (κ3) is 2.61. The van der Waals surface area contributed by atoms with E-state index in [1.807, 2.05) is 18.2 Å². The van der Waals surface area contributed by atoms with Crippen molar-refractivity contribution in [3.63, 3.8) is 0 Å². The van der Waals surface area contributed by atoms with Crippen LogP contribution in [-0.4, -0.2) is 4.98 Å². The average molecular weight is 339 g/mol. The number of nitriles is 2. The molecule has 0 unspecified atom stereocenters. The van der Waals surface area contributed by atoms with Crippen LogP contribution in [0.3, 0.4) is 0 Å². The molecule has 0 aliphatic heterocycles. The van der Waals surface area contributed by atoms with Gasteiger partial charge in [0, 0.05) is 10.2 Å². The molecule has 0 fully saturated rings. The molecule has 2 aromatic rings. The summed E-state index contributed by atoms with van der Waals surface area (Å²) >= 11 is 3.39. The zero-order chi connectivity index (χ0) is 14.8. The van der Waals surface area contributed by atoms with E-state index in [1.54, 1.807) is 6.07 Å². The van der Waals surface area contributed by atoms with Crippen LogP contribution < -0.4 is 5.32 Å². The Kier molecular flexibility index (Phi) is 3.60. The lowest BCUT2D eigenvalue weighted by Crippen LogP contribution is -2.02. The molecule has 1 aromatic carbocycles. The van der Waals surface area contributed by atoms with Gasteiger partial charge in [-0.25, -0.2) is 4.98 Å². The van der Waals surface area contributed by atoms with Crippen LogP contribution in [-0.2, 0) is 12.8 Å². The smallest absolute Gasteiger partial charge is 0.148 e. The van der Waals surface area contributed by atoms with E-state index in [9.17, 15) is 10.5 Å². The number of hydrogen-bond donors (Lipinski definition) is 1. The standard InChI is InChI=1S/C16H11BrN4/c17-13-5-4-11(8-18)15(7-13)21-16-12(9-19)6-10-2-1-3-14(10)20-16/h4-7H,1-3H2,(H,20,21). The van der Waals surface area contributed by atoms with Crippen molar-refractivity contribution in [3.8, 4) is 12.1 Å². The van der Waals surface area contributed by atoms with Gasteiger partial charge in [-0.1, -0.05) is 15.9 Å². The van der Waals surface area contributed by atoms with E-state index in [2.05, 4.69) is 38.4 Å². The molecular weight excluding hydrogens is 328 g/mol. The van der Waals surface area contributed by atoms with Gasteiger partial charge in [-0.3, -0.25) is 0 Å². The summed E-state index contributed by atoms with van der Waals surface area (Å²) in [5.41, 5.74) is 3.88. The van der Waals surface area contributed by atoms with Crippen molar-refractivity contribution in [1.82, 2.24) is 4.98 Å². The topological polar surface area (TPSA) is 72.5 Å². The number of halogens is 1. The van der Waals surface area contributed by atoms with E-state index in [0.717, 1.165) is 35.0 Å². The van der Waals surface area contributed by atoms with Crippen LogP contribution in [0.5, 0.6) is 0 Å². The molecule has 0 spiro atoms. The first-order valence-corrected chi connectivity index (χ1v) is 7.40. The van der Waals surface area contributed by atoms with Gasteiger partial charge in [0.05, 0.1) is 16.8 Å². The molecule has 4 nitrogen and oxygen atoms in total. The Bertz CT molecular complexity index is 799. The minimum Gasteiger partial charge on any atom is -0.338 e. The van der Waals surface area contributed by atoms with Gasteiger partial charge in [0.15, 0.2) is 0 Å². The number of pyridine rings is 1. The summed E-state index contributed by atoms with van der Waals surface area (Å²) in [7, 11) is 0. The lowest BCUT2D eigenvalue weighted by Gasteiger charge is -2.11. The zero-order valence-corrected chi connectivity index (χ0v) is 12.7. The zero-order valence-electron chi connectivity index (χ0n) is 11.2. The highest BCUT2D eigenvalue weighted by molar-refractivity contribution is 9.10. The quantitative estimate of drug-likeness (QED) is 0.903. The van der Waals surface area contributed by atoms with Crippen molar-refractivity contribution in [3.05, 3.63) is 51.1 Å². The first-order chi connectivity index (χ1) is 10.2. The molecule has 102 valence electrons. The van der Waals surface area contributed by atoms with Gasteiger partial charge in [0.1, 0.15) is 18.0 Å². The second-order valence-corrected chi connectivity index (χ2v) is 5.80. The second kappa shape index (κ2) is 5.55. The highest BCUT2D eigenvalue weighted by Gasteiger charge is 2.17. The Morgan fingerprint density at radius 2 is 1.90 bits per heavy atom. The molecule has 1 N–H and O–H groups in total. The Balaban J connectivity index is 2.05. The molecule has 0 amide bonds. The van der Waals surface area contributed by atoms with Gasteiger partial charge in [-0.2, -0.15) is 10.5 Å². The number of nitrogens with one attached hydrogen (secondary N) is 1. The summed E-state index contributed by atoms with van der Waals surface area (Å²) in [4.78, 5) is 4.57. The fraction of sp³-hybridized carbons (Fsp3) is 0.188. The Hall–Kier alpha value is -2.37. The van der Waals surface area contributed by atoms with Crippen LogP contribution >= 0.6 is 15.9 Å². The molecular formula is C16H11BrN4.